The molecule has 1 unspecified atom stereocenters. The summed E-state index contributed by atoms with van der Waals surface area (Å²) in [7, 11) is 1.65. The zero-order valence-corrected chi connectivity index (χ0v) is 25.3. The molecule has 0 spiro atoms. The van der Waals surface area contributed by atoms with Gasteiger partial charge in [-0.15, -0.1) is 0 Å². The molecule has 1 aliphatic rings. The van der Waals surface area contributed by atoms with E-state index < -0.39 is 0 Å². The lowest BCUT2D eigenvalue weighted by Gasteiger charge is -2.22. The number of ether oxygens (including phenoxy) is 13. The smallest absolute Gasteiger partial charge is 0.157 e. The molecule has 0 saturated carbocycles. The highest BCUT2D eigenvalue weighted by molar-refractivity contribution is 4.53. The van der Waals surface area contributed by atoms with Crippen LogP contribution in [0.4, 0.5) is 0 Å². The molecule has 1 aliphatic heterocycles. The molecule has 1 fully saturated rings. The van der Waals surface area contributed by atoms with Crippen LogP contribution in [0.2, 0.25) is 0 Å². The molecule has 0 radical (unpaired) electrons. The van der Waals surface area contributed by atoms with Crippen LogP contribution in [0.25, 0.3) is 0 Å². The van der Waals surface area contributed by atoms with Gasteiger partial charge in [0.25, 0.3) is 0 Å². The van der Waals surface area contributed by atoms with Crippen molar-refractivity contribution < 1.29 is 61.6 Å². The Morgan fingerprint density at radius 1 is 0.390 bits per heavy atom. The van der Waals surface area contributed by atoms with Gasteiger partial charge in [0.05, 0.1) is 145 Å². The Hall–Kier alpha value is -0.520. The lowest BCUT2D eigenvalue weighted by atomic mass is 10.2. The van der Waals surface area contributed by atoms with Gasteiger partial charge in [-0.1, -0.05) is 0 Å². The molecule has 41 heavy (non-hydrogen) atoms. The standard InChI is InChI=1S/C28H56O13/c1-29-6-7-30-8-9-31-10-11-32-12-13-33-14-15-34-16-17-35-18-19-36-20-21-37-22-23-38-24-25-39-26-27-41-28-4-2-3-5-40-28/h28H,2-27H2,1H3. The Bertz CT molecular complexity index is 484. The van der Waals surface area contributed by atoms with E-state index in [1.54, 1.807) is 7.11 Å². The van der Waals surface area contributed by atoms with Gasteiger partial charge in [-0.2, -0.15) is 0 Å². The van der Waals surface area contributed by atoms with Gasteiger partial charge >= 0.3 is 0 Å². The second kappa shape index (κ2) is 34.0. The van der Waals surface area contributed by atoms with Gasteiger partial charge in [0, 0.05) is 13.7 Å². The minimum Gasteiger partial charge on any atom is -0.382 e. The summed E-state index contributed by atoms with van der Waals surface area (Å²) in [6, 6.07) is 0. The van der Waals surface area contributed by atoms with E-state index in [-0.39, 0.29) is 6.29 Å². The van der Waals surface area contributed by atoms with Gasteiger partial charge in [-0.3, -0.25) is 0 Å². The molecular formula is C28H56O13. The van der Waals surface area contributed by atoms with Crippen LogP contribution in [0.1, 0.15) is 19.3 Å². The molecule has 0 amide bonds. The molecule has 1 atom stereocenters. The predicted octanol–water partition coefficient (Wildman–Crippen LogP) is 1.34. The van der Waals surface area contributed by atoms with Gasteiger partial charge in [0.15, 0.2) is 6.29 Å². The Labute approximate surface area is 246 Å². The molecule has 0 aromatic rings. The maximum atomic E-state index is 5.60. The Balaban J connectivity index is 1.60. The fourth-order valence-corrected chi connectivity index (χ4v) is 3.30. The summed E-state index contributed by atoms with van der Waals surface area (Å²) >= 11 is 0. The van der Waals surface area contributed by atoms with Crippen molar-refractivity contribution in [1.82, 2.24) is 0 Å². The van der Waals surface area contributed by atoms with Crippen LogP contribution >= 0.6 is 0 Å². The zero-order chi connectivity index (χ0) is 29.2. The first kappa shape index (κ1) is 38.5. The molecule has 13 nitrogen and oxygen atoms in total. The monoisotopic (exact) mass is 600 g/mol. The highest BCUT2D eigenvalue weighted by atomic mass is 16.7. The first-order valence-electron chi connectivity index (χ1n) is 14.9. The average molecular weight is 601 g/mol. The van der Waals surface area contributed by atoms with E-state index in [2.05, 4.69) is 0 Å². The maximum absolute atomic E-state index is 5.60. The van der Waals surface area contributed by atoms with Crippen molar-refractivity contribution in [1.29, 1.82) is 0 Å². The first-order chi connectivity index (χ1) is 20.4. The zero-order valence-electron chi connectivity index (χ0n) is 25.3. The summed E-state index contributed by atoms with van der Waals surface area (Å²) in [5, 5.41) is 0. The van der Waals surface area contributed by atoms with E-state index in [0.29, 0.717) is 145 Å². The fourth-order valence-electron chi connectivity index (χ4n) is 3.30. The van der Waals surface area contributed by atoms with Crippen LogP contribution < -0.4 is 0 Å². The topological polar surface area (TPSA) is 120 Å². The molecule has 0 aromatic heterocycles. The lowest BCUT2D eigenvalue weighted by Crippen LogP contribution is -2.24. The van der Waals surface area contributed by atoms with Gasteiger partial charge < -0.3 is 61.6 Å². The van der Waals surface area contributed by atoms with Gasteiger partial charge in [-0.05, 0) is 19.3 Å². The number of methoxy groups -OCH3 is 1. The summed E-state index contributed by atoms with van der Waals surface area (Å²) in [4.78, 5) is 0. The highest BCUT2D eigenvalue weighted by Gasteiger charge is 2.13. The van der Waals surface area contributed by atoms with Crippen LogP contribution in [0.15, 0.2) is 0 Å². The third-order valence-electron chi connectivity index (χ3n) is 5.45. The molecule has 1 heterocycles. The largest absolute Gasteiger partial charge is 0.382 e. The second-order valence-corrected chi connectivity index (χ2v) is 8.78. The van der Waals surface area contributed by atoms with Crippen molar-refractivity contribution in [2.24, 2.45) is 0 Å². The Morgan fingerprint density at radius 2 is 0.683 bits per heavy atom. The van der Waals surface area contributed by atoms with Crippen LogP contribution in [0.5, 0.6) is 0 Å². The number of hydrogen-bond donors (Lipinski definition) is 0. The summed E-state index contributed by atoms with van der Waals surface area (Å²) in [6.07, 6.45) is 3.20. The molecule has 0 aromatic carbocycles. The third-order valence-corrected chi connectivity index (χ3v) is 5.45. The van der Waals surface area contributed by atoms with E-state index in [0.717, 1.165) is 19.4 Å². The van der Waals surface area contributed by atoms with Crippen molar-refractivity contribution in [3.05, 3.63) is 0 Å². The van der Waals surface area contributed by atoms with Crippen LogP contribution in [-0.2, 0) is 61.6 Å². The minimum absolute atomic E-state index is 0.0634. The van der Waals surface area contributed by atoms with Crippen LogP contribution in [0, 0.1) is 0 Å². The number of hydrogen-bond acceptors (Lipinski definition) is 13. The van der Waals surface area contributed by atoms with Crippen molar-refractivity contribution in [2.75, 3.05) is 159 Å². The van der Waals surface area contributed by atoms with Crippen molar-refractivity contribution >= 4 is 0 Å². The normalized spacial score (nSPS) is 15.6. The maximum Gasteiger partial charge on any atom is 0.157 e. The Kier molecular flexibility index (Phi) is 31.9. The Morgan fingerprint density at radius 3 is 0.951 bits per heavy atom. The van der Waals surface area contributed by atoms with E-state index >= 15 is 0 Å². The molecule has 246 valence electrons. The quantitative estimate of drug-likeness (QED) is 0.0989. The van der Waals surface area contributed by atoms with Gasteiger partial charge in [0.1, 0.15) is 0 Å². The molecule has 13 heteroatoms. The molecular weight excluding hydrogens is 544 g/mol. The summed E-state index contributed by atoms with van der Waals surface area (Å²) in [5.41, 5.74) is 0. The highest BCUT2D eigenvalue weighted by Crippen LogP contribution is 2.13. The molecule has 0 N–H and O–H groups in total. The fraction of sp³-hybridized carbons (Fsp3) is 1.00. The molecule has 0 aliphatic carbocycles. The van der Waals surface area contributed by atoms with Gasteiger partial charge in [-0.25, -0.2) is 0 Å². The second-order valence-electron chi connectivity index (χ2n) is 8.78. The lowest BCUT2D eigenvalue weighted by molar-refractivity contribution is -0.169. The summed E-state index contributed by atoms with van der Waals surface area (Å²) in [6.45, 7) is 12.6. The van der Waals surface area contributed by atoms with E-state index in [1.807, 2.05) is 0 Å². The number of rotatable bonds is 34. The molecule has 1 saturated heterocycles. The van der Waals surface area contributed by atoms with E-state index in [4.69, 9.17) is 61.6 Å². The minimum atomic E-state index is -0.0634. The molecule has 0 bridgehead atoms. The van der Waals surface area contributed by atoms with Crippen molar-refractivity contribution in [3.8, 4) is 0 Å². The van der Waals surface area contributed by atoms with E-state index in [9.17, 15) is 0 Å². The van der Waals surface area contributed by atoms with E-state index in [1.165, 1.54) is 6.42 Å². The van der Waals surface area contributed by atoms with Gasteiger partial charge in [0.2, 0.25) is 0 Å². The third kappa shape index (κ3) is 30.7. The van der Waals surface area contributed by atoms with Crippen LogP contribution in [0.3, 0.4) is 0 Å². The first-order valence-corrected chi connectivity index (χ1v) is 14.9. The molecule has 1 rings (SSSR count). The van der Waals surface area contributed by atoms with Crippen molar-refractivity contribution in [3.63, 3.8) is 0 Å². The summed E-state index contributed by atoms with van der Waals surface area (Å²) in [5.74, 6) is 0. The summed E-state index contributed by atoms with van der Waals surface area (Å²) < 4.78 is 70.4. The predicted molar refractivity (Wildman–Crippen MR) is 150 cm³/mol. The average Bonchev–Trinajstić information content (AvgIpc) is 3.00. The SMILES string of the molecule is COCCOCCOCCOCCOCCOCCOCCOCCOCCOCCOCCOC1CCCCO1. The van der Waals surface area contributed by atoms with Crippen LogP contribution in [-0.4, -0.2) is 165 Å². The van der Waals surface area contributed by atoms with Crippen molar-refractivity contribution in [2.45, 2.75) is 25.6 Å².